The molecule has 0 bridgehead atoms. The largest absolute Gasteiger partial charge is 0.479 e. The van der Waals surface area contributed by atoms with Crippen molar-refractivity contribution >= 4 is 41.0 Å². The fourth-order valence-electron chi connectivity index (χ4n) is 2.58. The van der Waals surface area contributed by atoms with Gasteiger partial charge in [0.15, 0.2) is 6.04 Å². The van der Waals surface area contributed by atoms with Crippen molar-refractivity contribution in [2.45, 2.75) is 50.7 Å². The minimum Gasteiger partial charge on any atom is -0.479 e. The first-order chi connectivity index (χ1) is 10.8. The second-order valence-corrected chi connectivity index (χ2v) is 6.25. The number of carboxylic acid groups (broad SMARTS) is 1. The van der Waals surface area contributed by atoms with Gasteiger partial charge < -0.3 is 15.3 Å². The van der Waals surface area contributed by atoms with Crippen LogP contribution in [0.2, 0.25) is 0 Å². The smallest absolute Gasteiger partial charge is 0.330 e. The molecule has 0 aliphatic carbocycles. The number of rotatable bonds is 9. The number of carbonyl (C=O) groups is 3. The molecule has 2 amide bonds. The Morgan fingerprint density at radius 2 is 2.04 bits per heavy atom. The van der Waals surface area contributed by atoms with Crippen LogP contribution in [0.25, 0.3) is 0 Å². The van der Waals surface area contributed by atoms with E-state index in [0.29, 0.717) is 6.42 Å². The lowest BCUT2D eigenvalue weighted by Gasteiger charge is -2.47. The molecular formula is C15H22Cl2N2O4. The van der Waals surface area contributed by atoms with Crippen LogP contribution in [0.5, 0.6) is 0 Å². The third-order valence-electron chi connectivity index (χ3n) is 3.93. The van der Waals surface area contributed by atoms with Crippen molar-refractivity contribution in [1.29, 1.82) is 0 Å². The lowest BCUT2D eigenvalue weighted by Crippen LogP contribution is -2.72. The standard InChI is InChI=1S/C15H22Cl2N2O4/c1-4-6-9(5-2)13(20)18-10-12(17)19(14(10)21)11(15(22)23)8(3)7-16/h9-12H,3-7H2,1-2H3,(H,18,20)(H,22,23). The van der Waals surface area contributed by atoms with Crippen molar-refractivity contribution in [3.05, 3.63) is 12.2 Å². The highest BCUT2D eigenvalue weighted by atomic mass is 35.5. The minimum atomic E-state index is -1.28. The van der Waals surface area contributed by atoms with Gasteiger partial charge in [-0.25, -0.2) is 4.79 Å². The second-order valence-electron chi connectivity index (χ2n) is 5.53. The molecule has 8 heteroatoms. The number of hydrogen-bond donors (Lipinski definition) is 2. The van der Waals surface area contributed by atoms with E-state index in [1.807, 2.05) is 13.8 Å². The van der Waals surface area contributed by atoms with Crippen LogP contribution in [0.15, 0.2) is 12.2 Å². The molecule has 6 nitrogen and oxygen atoms in total. The number of carboxylic acids is 1. The van der Waals surface area contributed by atoms with Gasteiger partial charge in [-0.1, -0.05) is 38.4 Å². The molecule has 130 valence electrons. The summed E-state index contributed by atoms with van der Waals surface area (Å²) in [5.41, 5.74) is -0.771. The van der Waals surface area contributed by atoms with Gasteiger partial charge >= 0.3 is 5.97 Å². The van der Waals surface area contributed by atoms with E-state index in [0.717, 1.165) is 17.7 Å². The van der Waals surface area contributed by atoms with Crippen molar-refractivity contribution < 1.29 is 19.5 Å². The van der Waals surface area contributed by atoms with Gasteiger partial charge in [0.1, 0.15) is 11.5 Å². The first-order valence-corrected chi connectivity index (χ1v) is 8.50. The molecule has 1 rings (SSSR count). The van der Waals surface area contributed by atoms with Gasteiger partial charge in [-0.3, -0.25) is 9.59 Å². The molecule has 4 unspecified atom stereocenters. The molecule has 0 aromatic heterocycles. The normalized spacial score (nSPS) is 23.0. The summed E-state index contributed by atoms with van der Waals surface area (Å²) in [6.45, 7) is 7.44. The van der Waals surface area contributed by atoms with Crippen LogP contribution in [-0.2, 0) is 14.4 Å². The van der Waals surface area contributed by atoms with E-state index in [9.17, 15) is 19.5 Å². The van der Waals surface area contributed by atoms with Gasteiger partial charge in [-0.15, -0.1) is 11.6 Å². The maximum atomic E-state index is 12.2. The molecule has 2 N–H and O–H groups in total. The van der Waals surface area contributed by atoms with E-state index in [2.05, 4.69) is 11.9 Å². The zero-order valence-electron chi connectivity index (χ0n) is 13.2. The molecule has 1 aliphatic rings. The maximum Gasteiger partial charge on any atom is 0.330 e. The van der Waals surface area contributed by atoms with E-state index in [4.69, 9.17) is 23.2 Å². The van der Waals surface area contributed by atoms with Gasteiger partial charge in [-0.2, -0.15) is 0 Å². The van der Waals surface area contributed by atoms with E-state index >= 15 is 0 Å². The number of alkyl halides is 2. The fraction of sp³-hybridized carbons (Fsp3) is 0.667. The summed E-state index contributed by atoms with van der Waals surface area (Å²) in [5.74, 6) is -2.31. The van der Waals surface area contributed by atoms with Gasteiger partial charge in [-0.05, 0) is 18.4 Å². The van der Waals surface area contributed by atoms with Crippen molar-refractivity contribution in [3.8, 4) is 0 Å². The Kier molecular flexibility index (Phi) is 7.35. The van der Waals surface area contributed by atoms with Crippen LogP contribution < -0.4 is 5.32 Å². The number of nitrogens with zero attached hydrogens (tertiary/aromatic N) is 1. The molecule has 1 fully saturated rings. The van der Waals surface area contributed by atoms with Crippen LogP contribution in [-0.4, -0.2) is 51.3 Å². The number of likely N-dealkylation sites (tertiary alicyclic amines) is 1. The van der Waals surface area contributed by atoms with Crippen LogP contribution in [0, 0.1) is 5.92 Å². The number of halogens is 2. The number of hydrogen-bond acceptors (Lipinski definition) is 3. The van der Waals surface area contributed by atoms with Crippen LogP contribution in [0.4, 0.5) is 0 Å². The van der Waals surface area contributed by atoms with Crippen LogP contribution >= 0.6 is 23.2 Å². The topological polar surface area (TPSA) is 86.7 Å². The van der Waals surface area contributed by atoms with Gasteiger partial charge in [0.2, 0.25) is 5.91 Å². The summed E-state index contributed by atoms with van der Waals surface area (Å²) in [4.78, 5) is 36.7. The number of amides is 2. The molecule has 0 aromatic carbocycles. The molecule has 1 heterocycles. The molecule has 0 aromatic rings. The van der Waals surface area contributed by atoms with E-state index in [1.165, 1.54) is 0 Å². The monoisotopic (exact) mass is 364 g/mol. The summed E-state index contributed by atoms with van der Waals surface area (Å²) in [6, 6.07) is -2.20. The second kappa shape index (κ2) is 8.55. The van der Waals surface area contributed by atoms with E-state index < -0.39 is 29.5 Å². The Balaban J connectivity index is 2.78. The summed E-state index contributed by atoms with van der Waals surface area (Å²) >= 11 is 11.7. The molecule has 0 radical (unpaired) electrons. The number of β-lactam (4-membered cyclic amide) rings is 1. The third kappa shape index (κ3) is 4.18. The zero-order chi connectivity index (χ0) is 17.7. The summed E-state index contributed by atoms with van der Waals surface area (Å²) in [7, 11) is 0. The lowest BCUT2D eigenvalue weighted by atomic mass is 9.96. The van der Waals surface area contributed by atoms with Gasteiger partial charge in [0, 0.05) is 11.8 Å². The Morgan fingerprint density at radius 3 is 2.43 bits per heavy atom. The predicted molar refractivity (Wildman–Crippen MR) is 88.4 cm³/mol. The average molecular weight is 365 g/mol. The number of nitrogens with one attached hydrogen (secondary N) is 1. The number of carbonyl (C=O) groups excluding carboxylic acids is 2. The summed E-state index contributed by atoms with van der Waals surface area (Å²) in [6.07, 6.45) is 2.25. The van der Waals surface area contributed by atoms with Gasteiger partial charge in [0.25, 0.3) is 5.91 Å². The quantitative estimate of drug-likeness (QED) is 0.283. The Bertz CT molecular complexity index is 498. The fourth-order valence-corrected chi connectivity index (χ4v) is 3.11. The minimum absolute atomic E-state index is 0.101. The summed E-state index contributed by atoms with van der Waals surface area (Å²) < 4.78 is 0. The molecule has 23 heavy (non-hydrogen) atoms. The Labute approximate surface area is 145 Å². The van der Waals surface area contributed by atoms with Gasteiger partial charge in [0.05, 0.1) is 0 Å². The zero-order valence-corrected chi connectivity index (χ0v) is 14.7. The van der Waals surface area contributed by atoms with Crippen molar-refractivity contribution in [2.24, 2.45) is 5.92 Å². The van der Waals surface area contributed by atoms with Crippen molar-refractivity contribution in [1.82, 2.24) is 10.2 Å². The Morgan fingerprint density at radius 1 is 1.43 bits per heavy atom. The molecular weight excluding hydrogens is 343 g/mol. The number of aliphatic carboxylic acids is 1. The molecule has 0 saturated carbocycles. The predicted octanol–water partition coefficient (Wildman–Crippen LogP) is 1.95. The van der Waals surface area contributed by atoms with Crippen LogP contribution in [0.3, 0.4) is 0 Å². The van der Waals surface area contributed by atoms with Crippen LogP contribution in [0.1, 0.15) is 33.1 Å². The van der Waals surface area contributed by atoms with E-state index in [1.54, 1.807) is 0 Å². The van der Waals surface area contributed by atoms with E-state index in [-0.39, 0.29) is 23.3 Å². The highest BCUT2D eigenvalue weighted by molar-refractivity contribution is 6.27. The Hall–Kier alpha value is -1.27. The highest BCUT2D eigenvalue weighted by Crippen LogP contribution is 2.30. The molecule has 0 spiro atoms. The average Bonchev–Trinajstić information content (AvgIpc) is 2.53. The molecule has 1 aliphatic heterocycles. The van der Waals surface area contributed by atoms with Crippen molar-refractivity contribution in [3.63, 3.8) is 0 Å². The molecule has 4 atom stereocenters. The van der Waals surface area contributed by atoms with Crippen molar-refractivity contribution in [2.75, 3.05) is 5.88 Å². The third-order valence-corrected chi connectivity index (χ3v) is 4.74. The SMILES string of the molecule is C=C(CCl)C(C(=O)O)N1C(=O)C(NC(=O)C(CC)CCC)C1Cl. The lowest BCUT2D eigenvalue weighted by molar-refractivity contribution is -0.160. The summed E-state index contributed by atoms with van der Waals surface area (Å²) in [5, 5.41) is 11.9. The first-order valence-electron chi connectivity index (χ1n) is 7.53. The maximum absolute atomic E-state index is 12.2. The first kappa shape index (κ1) is 19.8. The molecule has 1 saturated heterocycles. The highest BCUT2D eigenvalue weighted by Gasteiger charge is 2.53.